The van der Waals surface area contributed by atoms with E-state index in [0.29, 0.717) is 18.4 Å². The number of benzene rings is 1. The number of para-hydroxylation sites is 1. The molecule has 15 N–H and O–H groups in total. The molecule has 0 bridgehead atoms. The quantitative estimate of drug-likeness (QED) is 0.0351. The van der Waals surface area contributed by atoms with Gasteiger partial charge >= 0.3 is 11.9 Å². The van der Waals surface area contributed by atoms with Gasteiger partial charge in [-0.1, -0.05) is 52.3 Å². The number of carboxylic acid groups (broad SMARTS) is 2. The predicted octanol–water partition coefficient (Wildman–Crippen LogP) is -2.81. The number of likely N-dealkylation sites (tertiary alicyclic amines) is 1. The summed E-state index contributed by atoms with van der Waals surface area (Å²) in [5, 5.41) is 46.8. The Hall–Kier alpha value is -6.45. The van der Waals surface area contributed by atoms with E-state index < -0.39 is 151 Å². The van der Waals surface area contributed by atoms with E-state index in [-0.39, 0.29) is 43.2 Å². The summed E-state index contributed by atoms with van der Waals surface area (Å²) in [6.45, 7) is 5.97. The summed E-state index contributed by atoms with van der Waals surface area (Å²) < 4.78 is 0. The van der Waals surface area contributed by atoms with Crippen LogP contribution < -0.4 is 48.7 Å². The number of fused-ring (bicyclic) bond motifs is 1. The maximum Gasteiger partial charge on any atom is 0.327 e. The number of rotatable bonds is 30. The first-order chi connectivity index (χ1) is 34.5. The zero-order chi connectivity index (χ0) is 54.7. The summed E-state index contributed by atoms with van der Waals surface area (Å²) in [7, 11) is 0. The molecule has 10 atom stereocenters. The summed E-state index contributed by atoms with van der Waals surface area (Å²) >= 11 is 7.92. The molecule has 9 amide bonds. The molecule has 73 heavy (non-hydrogen) atoms. The number of thiol groups is 2. The number of nitrogens with two attached hydrogens (primary N) is 2. The molecule has 1 aromatic carbocycles. The number of aliphatic hydroxyl groups excluding tert-OH is 1. The number of aromatic nitrogens is 1. The fourth-order valence-corrected chi connectivity index (χ4v) is 8.32. The molecule has 2 heterocycles. The summed E-state index contributed by atoms with van der Waals surface area (Å²) in [5.41, 5.74) is 12.4. The van der Waals surface area contributed by atoms with Gasteiger partial charge in [0.25, 0.3) is 0 Å². The van der Waals surface area contributed by atoms with Crippen molar-refractivity contribution in [2.24, 2.45) is 23.3 Å². The number of H-pyrrole nitrogens is 1. The molecule has 25 nitrogen and oxygen atoms in total. The van der Waals surface area contributed by atoms with Crippen molar-refractivity contribution in [1.29, 1.82) is 0 Å². The summed E-state index contributed by atoms with van der Waals surface area (Å²) in [6, 6.07) is -5.67. The van der Waals surface area contributed by atoms with Gasteiger partial charge in [0.1, 0.15) is 48.3 Å². The Labute approximate surface area is 432 Å². The van der Waals surface area contributed by atoms with Crippen molar-refractivity contribution < 1.29 is 68.1 Å². The summed E-state index contributed by atoms with van der Waals surface area (Å²) in [6.07, 6.45) is 0.638. The molecule has 1 aliphatic heterocycles. The number of primary amides is 1. The second kappa shape index (κ2) is 29.3. The van der Waals surface area contributed by atoms with Crippen LogP contribution in [0.1, 0.15) is 78.2 Å². The highest BCUT2D eigenvalue weighted by molar-refractivity contribution is 7.80. The predicted molar refractivity (Wildman–Crippen MR) is 270 cm³/mol. The second-order valence-corrected chi connectivity index (χ2v) is 18.9. The average Bonchev–Trinajstić information content (AvgIpc) is 4.01. The molecule has 1 aliphatic rings. The first kappa shape index (κ1) is 60.9. The Balaban J connectivity index is 1.94. The van der Waals surface area contributed by atoms with Gasteiger partial charge < -0.3 is 73.9 Å². The van der Waals surface area contributed by atoms with Crippen LogP contribution >= 0.6 is 25.3 Å². The van der Waals surface area contributed by atoms with Crippen LogP contribution in [0.2, 0.25) is 0 Å². The van der Waals surface area contributed by atoms with Crippen molar-refractivity contribution in [3.05, 3.63) is 36.0 Å². The highest BCUT2D eigenvalue weighted by Gasteiger charge is 2.41. The molecular weight excluding hydrogens is 995 g/mol. The first-order valence-electron chi connectivity index (χ1n) is 23.8. The molecule has 3 rings (SSSR count). The number of amides is 9. The Morgan fingerprint density at radius 1 is 0.753 bits per heavy atom. The molecule has 1 aromatic heterocycles. The Bertz CT molecular complexity index is 2320. The number of nitrogens with zero attached hydrogens (tertiary/aromatic N) is 1. The van der Waals surface area contributed by atoms with Crippen molar-refractivity contribution >= 4 is 101 Å². The van der Waals surface area contributed by atoms with Crippen LogP contribution in [0.25, 0.3) is 10.9 Å². The number of carbonyl (C=O) groups is 11. The summed E-state index contributed by atoms with van der Waals surface area (Å²) in [4.78, 5) is 150. The van der Waals surface area contributed by atoms with E-state index in [0.717, 1.165) is 10.9 Å². The van der Waals surface area contributed by atoms with Gasteiger partial charge in [0.15, 0.2) is 0 Å². The molecule has 27 heteroatoms. The maximum absolute atomic E-state index is 14.8. The van der Waals surface area contributed by atoms with Crippen molar-refractivity contribution in [1.82, 2.24) is 47.1 Å². The number of aliphatic hydroxyl groups is 1. The molecule has 2 aromatic rings. The first-order valence-corrected chi connectivity index (χ1v) is 25.0. The SMILES string of the molecule is CC[C@H](C)[C@H](NC(=O)[C@@H]1CCCN1C(=O)[C@H](Cc1c[nH]c2ccccc12)NC(=O)[C@H](CC(C)C)NC(=O)[C@H](CCC(N)=O)NC(=O)[C@H](CO)NC(=O)[C@H](CC(=O)O)NC(=O)[C@@H](N)CS)C(=O)N[C@@H](CS)C(=O)O. The van der Waals surface area contributed by atoms with Gasteiger partial charge in [-0.05, 0) is 49.1 Å². The average molecular weight is 1060 g/mol. The largest absolute Gasteiger partial charge is 0.481 e. The third kappa shape index (κ3) is 18.2. The number of carboxylic acids is 2. The van der Waals surface area contributed by atoms with Gasteiger partial charge in [0.05, 0.1) is 19.1 Å². The Kier molecular flexibility index (Phi) is 24.4. The van der Waals surface area contributed by atoms with Crippen LogP contribution in [0.15, 0.2) is 30.5 Å². The normalized spacial score (nSPS) is 17.1. The van der Waals surface area contributed by atoms with Crippen molar-refractivity contribution in [2.75, 3.05) is 24.7 Å². The number of nitrogens with one attached hydrogen (secondary N) is 8. The standard InChI is InChI=1S/C46H69N11O14S2/c1-5-23(4)37(44(68)55-33(21-73)46(70)71)56-43(67)34-11-8-14-57(34)45(69)31(16-24-18-49-27-10-7-6-9-25(24)27)53-40(64)29(15-22(2)3)52-39(63)28(12-13-35(48)59)50-42(66)32(19-58)54-41(65)30(17-36(60)61)51-38(62)26(47)20-72/h6-7,9-10,18,22-23,26,28-34,37,49,58,72-73H,5,8,11-17,19-21,47H2,1-4H3,(H2,48,59)(H,50,66)(H,51,62)(H,52,63)(H,53,64)(H,54,65)(H,55,68)(H,56,67)(H,60,61)(H,70,71)/t23-,26-,28-,29-,30-,31-,32-,33-,34-,37-/m0/s1. The fourth-order valence-electron chi connectivity index (χ4n) is 7.91. The highest BCUT2D eigenvalue weighted by Crippen LogP contribution is 2.24. The second-order valence-electron chi connectivity index (χ2n) is 18.2. The molecule has 0 saturated carbocycles. The molecule has 1 fully saturated rings. The lowest BCUT2D eigenvalue weighted by Crippen LogP contribution is -2.61. The number of carbonyl (C=O) groups excluding carboxylic acids is 9. The lowest BCUT2D eigenvalue weighted by atomic mass is 9.97. The zero-order valence-electron chi connectivity index (χ0n) is 41.1. The smallest absolute Gasteiger partial charge is 0.327 e. The Morgan fingerprint density at radius 2 is 1.33 bits per heavy atom. The van der Waals surface area contributed by atoms with E-state index in [4.69, 9.17) is 11.5 Å². The molecule has 0 radical (unpaired) electrons. The van der Waals surface area contributed by atoms with Crippen LogP contribution in [-0.2, 0) is 59.2 Å². The van der Waals surface area contributed by atoms with Crippen molar-refractivity contribution in [2.45, 2.75) is 133 Å². The van der Waals surface area contributed by atoms with E-state index in [1.807, 2.05) is 12.1 Å². The monoisotopic (exact) mass is 1060 g/mol. The minimum absolute atomic E-state index is 0.0330. The molecule has 0 unspecified atom stereocenters. The van der Waals surface area contributed by atoms with E-state index in [2.05, 4.69) is 67.5 Å². The van der Waals surface area contributed by atoms with Crippen LogP contribution in [0.3, 0.4) is 0 Å². The minimum atomic E-state index is -1.84. The lowest BCUT2D eigenvalue weighted by Gasteiger charge is -2.32. The van der Waals surface area contributed by atoms with Crippen LogP contribution in [0.5, 0.6) is 0 Å². The summed E-state index contributed by atoms with van der Waals surface area (Å²) in [5.74, 6) is -12.1. The Morgan fingerprint density at radius 3 is 1.92 bits per heavy atom. The molecule has 404 valence electrons. The van der Waals surface area contributed by atoms with Gasteiger partial charge in [0, 0.05) is 48.0 Å². The number of hydrogen-bond acceptors (Lipinski definition) is 15. The van der Waals surface area contributed by atoms with Crippen molar-refractivity contribution in [3.63, 3.8) is 0 Å². The van der Waals surface area contributed by atoms with E-state index in [1.165, 1.54) is 4.90 Å². The van der Waals surface area contributed by atoms with E-state index in [1.54, 1.807) is 46.0 Å². The van der Waals surface area contributed by atoms with E-state index in [9.17, 15) is 68.1 Å². The van der Waals surface area contributed by atoms with Gasteiger partial charge in [-0.25, -0.2) is 4.79 Å². The molecule has 0 aliphatic carbocycles. The number of hydrogen-bond donors (Lipinski definition) is 15. The topological polar surface area (TPSA) is 404 Å². The number of aromatic amines is 1. The fraction of sp³-hybridized carbons (Fsp3) is 0.587. The lowest BCUT2D eigenvalue weighted by molar-refractivity contribution is -0.143. The van der Waals surface area contributed by atoms with Crippen LogP contribution in [0.4, 0.5) is 0 Å². The van der Waals surface area contributed by atoms with Gasteiger partial charge in [-0.2, -0.15) is 25.3 Å². The molecular formula is C46H69N11O14S2. The van der Waals surface area contributed by atoms with Gasteiger partial charge in [0.2, 0.25) is 53.2 Å². The third-order valence-corrected chi connectivity index (χ3v) is 12.9. The van der Waals surface area contributed by atoms with Gasteiger partial charge in [-0.3, -0.25) is 47.9 Å². The van der Waals surface area contributed by atoms with Gasteiger partial charge in [-0.15, -0.1) is 0 Å². The minimum Gasteiger partial charge on any atom is -0.481 e. The van der Waals surface area contributed by atoms with E-state index >= 15 is 0 Å². The molecule has 1 saturated heterocycles. The third-order valence-electron chi connectivity index (χ3n) is 12.2. The maximum atomic E-state index is 14.8. The van der Waals surface area contributed by atoms with Crippen molar-refractivity contribution in [3.8, 4) is 0 Å². The van der Waals surface area contributed by atoms with Crippen LogP contribution in [0, 0.1) is 11.8 Å². The highest BCUT2D eigenvalue weighted by atomic mass is 32.1. The number of aliphatic carboxylic acids is 2. The van der Waals surface area contributed by atoms with Crippen LogP contribution in [-0.4, -0.2) is 169 Å². The zero-order valence-corrected chi connectivity index (χ0v) is 42.8. The molecule has 0 spiro atoms.